The van der Waals surface area contributed by atoms with Crippen LogP contribution in [0.4, 0.5) is 22.0 Å². The molecule has 204 valence electrons. The van der Waals surface area contributed by atoms with Gasteiger partial charge in [0.15, 0.2) is 0 Å². The molecule has 2 amide bonds. The zero-order chi connectivity index (χ0) is 26.5. The first-order chi connectivity index (χ1) is 18.5. The van der Waals surface area contributed by atoms with E-state index in [9.17, 15) is 4.79 Å². The summed E-state index contributed by atoms with van der Waals surface area (Å²) >= 11 is 0. The second kappa shape index (κ2) is 12.3. The van der Waals surface area contributed by atoms with Crippen LogP contribution in [0, 0.1) is 12.8 Å². The number of anilines is 3. The molecule has 0 bridgehead atoms. The molecule has 2 aliphatic heterocycles. The average Bonchev–Trinajstić information content (AvgIpc) is 3.06. The number of aromatic nitrogens is 1. The molecule has 2 fully saturated rings. The molecule has 0 radical (unpaired) electrons. The summed E-state index contributed by atoms with van der Waals surface area (Å²) in [7, 11) is 0. The zero-order valence-corrected chi connectivity index (χ0v) is 23.1. The van der Waals surface area contributed by atoms with Gasteiger partial charge in [-0.05, 0) is 70.2 Å². The lowest BCUT2D eigenvalue weighted by atomic mass is 9.82. The van der Waals surface area contributed by atoms with Gasteiger partial charge in [0.05, 0.1) is 29.3 Å². The molecule has 2 N–H and O–H groups in total. The van der Waals surface area contributed by atoms with E-state index in [4.69, 9.17) is 14.8 Å². The molecule has 3 aliphatic rings. The van der Waals surface area contributed by atoms with Gasteiger partial charge in [-0.3, -0.25) is 0 Å². The van der Waals surface area contributed by atoms with Crippen molar-refractivity contribution >= 4 is 28.9 Å². The molecule has 1 aromatic heterocycles. The van der Waals surface area contributed by atoms with E-state index in [1.54, 1.807) is 9.91 Å². The van der Waals surface area contributed by atoms with Crippen LogP contribution in [-0.2, 0) is 4.74 Å². The van der Waals surface area contributed by atoms with Crippen LogP contribution >= 0.6 is 0 Å². The number of fused-ring (bicyclic) bond motifs is 1. The van der Waals surface area contributed by atoms with Gasteiger partial charge >= 0.3 is 6.03 Å². The van der Waals surface area contributed by atoms with Gasteiger partial charge in [0, 0.05) is 43.8 Å². The number of rotatable bonds is 8. The summed E-state index contributed by atoms with van der Waals surface area (Å²) in [6.45, 7) is 9.49. The number of ether oxygens (including phenoxy) is 1. The molecule has 2 aromatic rings. The van der Waals surface area contributed by atoms with Gasteiger partial charge < -0.3 is 15.4 Å². The smallest absolute Gasteiger partial charge is 0.350 e. The van der Waals surface area contributed by atoms with Gasteiger partial charge in [0.2, 0.25) is 0 Å². The molecule has 8 nitrogen and oxygen atoms in total. The molecular formula is C30H42N6O2. The SMILES string of the molecule is Cc1ccc2c(c1)N(c1ccc(NCCNC3CCOCC3)cn1)C(=O)N(C(C)C)N=C2C1CCCCC1. The Labute approximate surface area is 226 Å². The number of nitrogens with one attached hydrogen (secondary N) is 2. The van der Waals surface area contributed by atoms with Gasteiger partial charge in [-0.15, -0.1) is 0 Å². The molecular weight excluding hydrogens is 476 g/mol. The summed E-state index contributed by atoms with van der Waals surface area (Å²) in [6, 6.07) is 10.6. The Bertz CT molecular complexity index is 1120. The van der Waals surface area contributed by atoms with Crippen LogP contribution in [-0.4, -0.2) is 60.1 Å². The Balaban J connectivity index is 1.38. The third-order valence-electron chi connectivity index (χ3n) is 7.84. The second-order valence-corrected chi connectivity index (χ2v) is 11.1. The number of amides is 2. The Kier molecular flexibility index (Phi) is 8.59. The van der Waals surface area contributed by atoms with Crippen molar-refractivity contribution in [2.24, 2.45) is 11.0 Å². The summed E-state index contributed by atoms with van der Waals surface area (Å²) in [5.74, 6) is 0.979. The molecule has 0 atom stereocenters. The lowest BCUT2D eigenvalue weighted by Gasteiger charge is -2.28. The van der Waals surface area contributed by atoms with E-state index in [0.29, 0.717) is 17.8 Å². The number of hydrogen-bond acceptors (Lipinski definition) is 6. The standard InChI is InChI=1S/C30H42N6O2/c1-21(2)36-30(37)35(27-19-22(3)9-11-26(27)29(34-36)23-7-5-4-6-8-23)28-12-10-25(20-33-28)32-16-15-31-24-13-17-38-18-14-24/h9-12,19-21,23-24,31-32H,4-8,13-18H2,1-3H3. The van der Waals surface area contributed by atoms with E-state index in [2.05, 4.69) is 35.8 Å². The molecule has 8 heteroatoms. The molecule has 38 heavy (non-hydrogen) atoms. The average molecular weight is 519 g/mol. The maximum Gasteiger partial charge on any atom is 0.350 e. The quantitative estimate of drug-likeness (QED) is 0.429. The van der Waals surface area contributed by atoms with Gasteiger partial charge in [0.25, 0.3) is 0 Å². The number of hydrogen-bond donors (Lipinski definition) is 2. The van der Waals surface area contributed by atoms with Crippen molar-refractivity contribution in [2.75, 3.05) is 36.5 Å². The largest absolute Gasteiger partial charge is 0.383 e. The number of urea groups is 1. The summed E-state index contributed by atoms with van der Waals surface area (Å²) in [4.78, 5) is 20.5. The van der Waals surface area contributed by atoms with Gasteiger partial charge in [-0.2, -0.15) is 5.10 Å². The molecule has 0 unspecified atom stereocenters. The minimum Gasteiger partial charge on any atom is -0.383 e. The minimum atomic E-state index is -0.161. The zero-order valence-electron chi connectivity index (χ0n) is 23.1. The monoisotopic (exact) mass is 518 g/mol. The summed E-state index contributed by atoms with van der Waals surface area (Å²) < 4.78 is 5.43. The number of aryl methyl sites for hydroxylation is 1. The topological polar surface area (TPSA) is 82.1 Å². The van der Waals surface area contributed by atoms with Crippen molar-refractivity contribution in [1.29, 1.82) is 0 Å². The van der Waals surface area contributed by atoms with Gasteiger partial charge in [0.1, 0.15) is 5.82 Å². The Morgan fingerprint density at radius 2 is 1.82 bits per heavy atom. The highest BCUT2D eigenvalue weighted by atomic mass is 16.5. The first kappa shape index (κ1) is 26.6. The number of carbonyl (C=O) groups excluding carboxylic acids is 1. The highest BCUT2D eigenvalue weighted by molar-refractivity contribution is 6.13. The fraction of sp³-hybridized carbons (Fsp3) is 0.567. The van der Waals surface area contributed by atoms with E-state index in [0.717, 1.165) is 80.2 Å². The van der Waals surface area contributed by atoms with Crippen LogP contribution in [0.1, 0.15) is 69.9 Å². The maximum atomic E-state index is 14.0. The van der Waals surface area contributed by atoms with Crippen LogP contribution in [0.5, 0.6) is 0 Å². The highest BCUT2D eigenvalue weighted by Gasteiger charge is 2.35. The van der Waals surface area contributed by atoms with Crippen molar-refractivity contribution in [2.45, 2.75) is 77.8 Å². The number of hydrazone groups is 1. The van der Waals surface area contributed by atoms with Crippen LogP contribution in [0.25, 0.3) is 0 Å². The first-order valence-corrected chi connectivity index (χ1v) is 14.3. The van der Waals surface area contributed by atoms with Crippen molar-refractivity contribution in [3.8, 4) is 0 Å². The van der Waals surface area contributed by atoms with Crippen LogP contribution < -0.4 is 15.5 Å². The molecule has 0 spiro atoms. The molecule has 1 aromatic carbocycles. The summed E-state index contributed by atoms with van der Waals surface area (Å²) in [5.41, 5.74) is 5.00. The third kappa shape index (κ3) is 6.02. The number of nitrogens with zero attached hydrogens (tertiary/aromatic N) is 4. The number of benzene rings is 1. The van der Waals surface area contributed by atoms with Crippen LogP contribution in [0.3, 0.4) is 0 Å². The summed E-state index contributed by atoms with van der Waals surface area (Å²) in [5, 5.41) is 13.7. The maximum absolute atomic E-state index is 14.0. The lowest BCUT2D eigenvalue weighted by molar-refractivity contribution is 0.0784. The van der Waals surface area contributed by atoms with Gasteiger partial charge in [-0.25, -0.2) is 19.7 Å². The normalized spacial score (nSPS) is 19.4. The Morgan fingerprint density at radius 1 is 1.03 bits per heavy atom. The Morgan fingerprint density at radius 3 is 2.53 bits per heavy atom. The molecule has 1 saturated carbocycles. The molecule has 5 rings (SSSR count). The predicted octanol–water partition coefficient (Wildman–Crippen LogP) is 5.84. The van der Waals surface area contributed by atoms with E-state index >= 15 is 0 Å². The van der Waals surface area contributed by atoms with Crippen LogP contribution in [0.15, 0.2) is 41.6 Å². The molecule has 1 saturated heterocycles. The van der Waals surface area contributed by atoms with Crippen molar-refractivity contribution in [1.82, 2.24) is 15.3 Å². The fourth-order valence-electron chi connectivity index (χ4n) is 5.70. The number of pyridine rings is 1. The van der Waals surface area contributed by atoms with E-state index in [1.165, 1.54) is 19.3 Å². The van der Waals surface area contributed by atoms with Gasteiger partial charge in [-0.1, -0.05) is 31.4 Å². The third-order valence-corrected chi connectivity index (χ3v) is 7.84. The van der Waals surface area contributed by atoms with Crippen molar-refractivity contribution in [3.05, 3.63) is 47.7 Å². The van der Waals surface area contributed by atoms with Crippen molar-refractivity contribution < 1.29 is 9.53 Å². The predicted molar refractivity (Wildman–Crippen MR) is 153 cm³/mol. The molecule has 3 heterocycles. The number of carbonyl (C=O) groups is 1. The van der Waals surface area contributed by atoms with E-state index < -0.39 is 0 Å². The lowest BCUT2D eigenvalue weighted by Crippen LogP contribution is -2.41. The Hall–Kier alpha value is -2.97. The van der Waals surface area contributed by atoms with E-state index in [-0.39, 0.29) is 12.1 Å². The van der Waals surface area contributed by atoms with Crippen molar-refractivity contribution in [3.63, 3.8) is 0 Å². The summed E-state index contributed by atoms with van der Waals surface area (Å²) in [6.07, 6.45) is 9.90. The highest BCUT2D eigenvalue weighted by Crippen LogP contribution is 2.38. The van der Waals surface area contributed by atoms with Crippen LogP contribution in [0.2, 0.25) is 0 Å². The minimum absolute atomic E-state index is 0.0665. The molecule has 1 aliphatic carbocycles. The fourth-order valence-corrected chi connectivity index (χ4v) is 5.70. The van der Waals surface area contributed by atoms with E-state index in [1.807, 2.05) is 32.2 Å². The second-order valence-electron chi connectivity index (χ2n) is 11.1. The first-order valence-electron chi connectivity index (χ1n) is 14.3.